The summed E-state index contributed by atoms with van der Waals surface area (Å²) in [5, 5.41) is 0.702. The van der Waals surface area contributed by atoms with Gasteiger partial charge in [0.05, 0.1) is 18.5 Å². The molecule has 0 saturated carbocycles. The fourth-order valence-corrected chi connectivity index (χ4v) is 4.63. The van der Waals surface area contributed by atoms with Crippen LogP contribution in [0.3, 0.4) is 0 Å². The van der Waals surface area contributed by atoms with Gasteiger partial charge in [-0.1, -0.05) is 24.3 Å². The molecule has 0 spiro atoms. The average molecular weight is 406 g/mol. The number of para-hydroxylation sites is 1. The number of benzene rings is 2. The molecule has 0 radical (unpaired) electrons. The average Bonchev–Trinajstić information content (AvgIpc) is 3.08. The summed E-state index contributed by atoms with van der Waals surface area (Å²) in [4.78, 5) is 22.6. The van der Waals surface area contributed by atoms with Crippen LogP contribution in [0.1, 0.15) is 19.4 Å². The lowest BCUT2D eigenvalue weighted by molar-refractivity contribution is -0.122. The number of ether oxygens (including phenoxy) is 1. The summed E-state index contributed by atoms with van der Waals surface area (Å²) in [5.74, 6) is 0.783. The Bertz CT molecular complexity index is 1020. The van der Waals surface area contributed by atoms with Crippen LogP contribution in [0.5, 0.6) is 5.75 Å². The van der Waals surface area contributed by atoms with E-state index in [4.69, 9.17) is 9.73 Å². The van der Waals surface area contributed by atoms with E-state index in [2.05, 4.69) is 30.0 Å². The van der Waals surface area contributed by atoms with Crippen molar-refractivity contribution in [1.29, 1.82) is 0 Å². The molecule has 2 aromatic carbocycles. The maximum Gasteiger partial charge on any atom is 0.268 e. The predicted octanol–water partition coefficient (Wildman–Crippen LogP) is 5.04. The normalized spacial score (nSPS) is 19.8. The zero-order valence-electron chi connectivity index (χ0n) is 16.8. The van der Waals surface area contributed by atoms with Gasteiger partial charge in [0.15, 0.2) is 5.17 Å². The van der Waals surface area contributed by atoms with Crippen molar-refractivity contribution in [2.24, 2.45) is 4.99 Å². The van der Waals surface area contributed by atoms with E-state index in [9.17, 15) is 4.79 Å². The number of aliphatic imine (C=N–C) groups is 1. The van der Waals surface area contributed by atoms with E-state index >= 15 is 0 Å². The fraction of sp³-hybridized carbons (Fsp3) is 0.217. The monoisotopic (exact) mass is 405 g/mol. The zero-order valence-corrected chi connectivity index (χ0v) is 17.6. The third kappa shape index (κ3) is 3.56. The highest BCUT2D eigenvalue weighted by Gasteiger charge is 2.36. The van der Waals surface area contributed by atoms with Gasteiger partial charge in [0.25, 0.3) is 5.91 Å². The van der Waals surface area contributed by atoms with Gasteiger partial charge < -0.3 is 9.64 Å². The molecule has 0 unspecified atom stereocenters. The van der Waals surface area contributed by atoms with Crippen molar-refractivity contribution < 1.29 is 9.53 Å². The minimum atomic E-state index is 0.00208. The number of hydrogen-bond acceptors (Lipinski definition) is 5. The summed E-state index contributed by atoms with van der Waals surface area (Å²) in [6.07, 6.45) is 4.11. The molecular formula is C23H23N3O2S. The summed E-state index contributed by atoms with van der Waals surface area (Å²) in [7, 11) is 1.64. The van der Waals surface area contributed by atoms with Gasteiger partial charge in [0.1, 0.15) is 10.7 Å². The number of amidine groups is 1. The van der Waals surface area contributed by atoms with Crippen LogP contribution < -0.4 is 9.64 Å². The van der Waals surface area contributed by atoms with E-state index in [0.717, 1.165) is 34.9 Å². The molecule has 1 amide bonds. The predicted molar refractivity (Wildman–Crippen MR) is 121 cm³/mol. The number of carbonyl (C=O) groups is 1. The first-order valence-electron chi connectivity index (χ1n) is 9.67. The summed E-state index contributed by atoms with van der Waals surface area (Å²) in [6.45, 7) is 5.43. The maximum absolute atomic E-state index is 13.2. The summed E-state index contributed by atoms with van der Waals surface area (Å²) in [6, 6.07) is 15.8. The summed E-state index contributed by atoms with van der Waals surface area (Å²) >= 11 is 1.44. The minimum Gasteiger partial charge on any atom is -0.497 e. The molecule has 6 heteroatoms. The molecule has 0 bridgehead atoms. The molecule has 4 rings (SSSR count). The smallest absolute Gasteiger partial charge is 0.268 e. The van der Waals surface area contributed by atoms with E-state index in [1.165, 1.54) is 11.8 Å². The van der Waals surface area contributed by atoms with Gasteiger partial charge in [0, 0.05) is 18.8 Å². The molecule has 2 aromatic rings. The number of carbonyl (C=O) groups excluding carboxylic acids is 1. The molecule has 0 aromatic heterocycles. The van der Waals surface area contributed by atoms with Gasteiger partial charge in [-0.05, 0) is 67.6 Å². The van der Waals surface area contributed by atoms with Crippen LogP contribution in [0.2, 0.25) is 0 Å². The van der Waals surface area contributed by atoms with Crippen molar-refractivity contribution in [3.8, 4) is 5.75 Å². The number of allylic oxidation sites excluding steroid dienone is 1. The number of anilines is 1. The zero-order chi connectivity index (χ0) is 20.4. The molecule has 29 heavy (non-hydrogen) atoms. The topological polar surface area (TPSA) is 45.1 Å². The first-order chi connectivity index (χ1) is 14.2. The lowest BCUT2D eigenvalue weighted by Gasteiger charge is -2.30. The molecule has 0 aliphatic carbocycles. The fourth-order valence-electron chi connectivity index (χ4n) is 3.49. The number of fused-ring (bicyclic) bond motifs is 1. The highest BCUT2D eigenvalue weighted by molar-refractivity contribution is 8.18. The Morgan fingerprint density at radius 3 is 2.38 bits per heavy atom. The van der Waals surface area contributed by atoms with E-state index < -0.39 is 0 Å². The van der Waals surface area contributed by atoms with E-state index in [-0.39, 0.29) is 5.91 Å². The number of thioether (sulfide) groups is 1. The van der Waals surface area contributed by atoms with Gasteiger partial charge in [-0.2, -0.15) is 0 Å². The van der Waals surface area contributed by atoms with Crippen LogP contribution in [0.15, 0.2) is 70.2 Å². The van der Waals surface area contributed by atoms with E-state index in [1.807, 2.05) is 49.4 Å². The SMILES string of the molecule is CCN1C(=O)/C(=C2/C=Cc3ccccc3N2CC)SC1=Nc1ccc(OC)cc1. The Balaban J connectivity index is 1.73. The molecule has 1 fully saturated rings. The van der Waals surface area contributed by atoms with Crippen molar-refractivity contribution in [2.75, 3.05) is 25.1 Å². The molecule has 5 nitrogen and oxygen atoms in total. The van der Waals surface area contributed by atoms with Crippen molar-refractivity contribution >= 4 is 40.3 Å². The highest BCUT2D eigenvalue weighted by Crippen LogP contribution is 2.40. The number of methoxy groups -OCH3 is 1. The second kappa shape index (κ2) is 8.17. The molecular weight excluding hydrogens is 382 g/mol. The summed E-state index contributed by atoms with van der Waals surface area (Å²) in [5.41, 5.74) is 4.01. The first-order valence-corrected chi connectivity index (χ1v) is 10.5. The Labute approximate surface area is 175 Å². The highest BCUT2D eigenvalue weighted by atomic mass is 32.2. The number of likely N-dealkylation sites (N-methyl/N-ethyl adjacent to an activating group) is 2. The largest absolute Gasteiger partial charge is 0.497 e. The first kappa shape index (κ1) is 19.3. The van der Waals surface area contributed by atoms with Gasteiger partial charge in [-0.3, -0.25) is 9.69 Å². The molecule has 2 heterocycles. The van der Waals surface area contributed by atoms with Crippen LogP contribution in [-0.4, -0.2) is 36.2 Å². The molecule has 0 atom stereocenters. The van der Waals surface area contributed by atoms with E-state index in [0.29, 0.717) is 16.6 Å². The van der Waals surface area contributed by atoms with Crippen LogP contribution in [0, 0.1) is 0 Å². The Morgan fingerprint density at radius 2 is 1.69 bits per heavy atom. The lowest BCUT2D eigenvalue weighted by atomic mass is 10.1. The molecule has 0 N–H and O–H groups in total. The second-order valence-corrected chi connectivity index (χ2v) is 7.57. The van der Waals surface area contributed by atoms with Crippen molar-refractivity contribution in [3.63, 3.8) is 0 Å². The Hall–Kier alpha value is -2.99. The maximum atomic E-state index is 13.2. The van der Waals surface area contributed by atoms with Gasteiger partial charge in [-0.25, -0.2) is 4.99 Å². The quantitative estimate of drug-likeness (QED) is 0.669. The third-order valence-electron chi connectivity index (χ3n) is 4.97. The number of rotatable bonds is 4. The van der Waals surface area contributed by atoms with Crippen LogP contribution in [0.4, 0.5) is 11.4 Å². The number of amides is 1. The minimum absolute atomic E-state index is 0.00208. The van der Waals surface area contributed by atoms with Gasteiger partial charge in [0.2, 0.25) is 0 Å². The molecule has 1 saturated heterocycles. The Kier molecular flexibility index (Phi) is 5.45. The van der Waals surface area contributed by atoms with Gasteiger partial charge in [-0.15, -0.1) is 0 Å². The molecule has 2 aliphatic rings. The summed E-state index contributed by atoms with van der Waals surface area (Å²) < 4.78 is 5.21. The van der Waals surface area contributed by atoms with Crippen LogP contribution in [0.25, 0.3) is 6.08 Å². The van der Waals surface area contributed by atoms with Crippen LogP contribution >= 0.6 is 11.8 Å². The second-order valence-electron chi connectivity index (χ2n) is 6.59. The Morgan fingerprint density at radius 1 is 0.966 bits per heavy atom. The number of hydrogen-bond donors (Lipinski definition) is 0. The van der Waals surface area contributed by atoms with Crippen molar-refractivity contribution in [2.45, 2.75) is 13.8 Å². The molecule has 148 valence electrons. The lowest BCUT2D eigenvalue weighted by Crippen LogP contribution is -2.30. The van der Waals surface area contributed by atoms with Crippen molar-refractivity contribution in [1.82, 2.24) is 4.90 Å². The molecule has 2 aliphatic heterocycles. The number of nitrogens with zero attached hydrogens (tertiary/aromatic N) is 3. The van der Waals surface area contributed by atoms with Crippen molar-refractivity contribution in [3.05, 3.63) is 70.8 Å². The third-order valence-corrected chi connectivity index (χ3v) is 6.05. The standard InChI is InChI=1S/C23H23N3O2S/c1-4-25-19-9-7-6-8-16(19)10-15-20(25)21-22(27)26(5-2)23(29-21)24-17-11-13-18(28-3)14-12-17/h6-15H,4-5H2,1-3H3/b21-20+,24-23?. The van der Waals surface area contributed by atoms with Crippen LogP contribution in [-0.2, 0) is 4.79 Å². The van der Waals surface area contributed by atoms with E-state index in [1.54, 1.807) is 12.0 Å². The van der Waals surface area contributed by atoms with Gasteiger partial charge >= 0.3 is 0 Å².